The number of ether oxygens (including phenoxy) is 1. The Bertz CT molecular complexity index is 1120. The van der Waals surface area contributed by atoms with Crippen molar-refractivity contribution in [1.82, 2.24) is 15.5 Å². The van der Waals surface area contributed by atoms with Crippen LogP contribution in [0.2, 0.25) is 0 Å². The quantitative estimate of drug-likeness (QED) is 0.718. The smallest absolute Gasteiger partial charge is 0.272 e. The predicted octanol–water partition coefficient (Wildman–Crippen LogP) is 3.49. The minimum atomic E-state index is -0.298. The lowest BCUT2D eigenvalue weighted by molar-refractivity contribution is 0.0360. The number of para-hydroxylation sites is 1. The summed E-state index contributed by atoms with van der Waals surface area (Å²) >= 11 is 0. The molecule has 2 aliphatic rings. The number of hydrogen-bond donors (Lipinski definition) is 2. The molecule has 2 aromatic carbocycles. The van der Waals surface area contributed by atoms with Gasteiger partial charge in [0.05, 0.1) is 11.4 Å². The molecule has 1 spiro atoms. The van der Waals surface area contributed by atoms with Crippen LogP contribution in [0.3, 0.4) is 0 Å². The van der Waals surface area contributed by atoms with E-state index in [9.17, 15) is 9.59 Å². The Morgan fingerprint density at radius 2 is 1.79 bits per heavy atom. The Labute approximate surface area is 161 Å². The van der Waals surface area contributed by atoms with Crippen molar-refractivity contribution in [2.24, 2.45) is 0 Å². The molecule has 0 radical (unpaired) electrons. The van der Waals surface area contributed by atoms with E-state index in [1.165, 1.54) is 0 Å². The summed E-state index contributed by atoms with van der Waals surface area (Å²) in [7, 11) is 0. The zero-order valence-electron chi connectivity index (χ0n) is 15.4. The number of carbonyl (C=O) groups excluding carboxylic acids is 1. The number of rotatable bonds is 2. The first-order valence-electron chi connectivity index (χ1n) is 9.71. The summed E-state index contributed by atoms with van der Waals surface area (Å²) in [6, 6.07) is 14.8. The van der Waals surface area contributed by atoms with Gasteiger partial charge in [-0.05, 0) is 37.8 Å². The molecule has 6 heteroatoms. The maximum Gasteiger partial charge on any atom is 0.272 e. The van der Waals surface area contributed by atoms with E-state index in [1.807, 2.05) is 24.3 Å². The molecule has 1 atom stereocenters. The highest BCUT2D eigenvalue weighted by molar-refractivity contribution is 6.04. The molecule has 2 N–H and O–H groups in total. The van der Waals surface area contributed by atoms with Crippen molar-refractivity contribution >= 4 is 16.7 Å². The van der Waals surface area contributed by atoms with Gasteiger partial charge in [0, 0.05) is 17.4 Å². The Balaban J connectivity index is 1.51. The second kappa shape index (κ2) is 6.48. The van der Waals surface area contributed by atoms with Crippen LogP contribution < -0.4 is 15.6 Å². The number of H-pyrrole nitrogens is 1. The second-order valence-corrected chi connectivity index (χ2v) is 7.71. The van der Waals surface area contributed by atoms with Crippen molar-refractivity contribution < 1.29 is 9.53 Å². The standard InChI is InChI=1S/C22H21N3O3/c26-20-15-8-2-1-7-14(15)19(24-25-20)21(27)23-17-13-22(11-5-6-12-22)28-18-10-4-3-9-16(17)18/h1-4,7-10,17H,5-6,11-13H2,(H,23,27)(H,25,26)/t17-/m0/s1. The number of carbonyl (C=O) groups is 1. The van der Waals surface area contributed by atoms with Crippen molar-refractivity contribution in [3.8, 4) is 5.75 Å². The zero-order valence-corrected chi connectivity index (χ0v) is 15.4. The number of nitrogens with zero attached hydrogens (tertiary/aromatic N) is 1. The maximum absolute atomic E-state index is 13.1. The fourth-order valence-electron chi connectivity index (χ4n) is 4.59. The van der Waals surface area contributed by atoms with Gasteiger partial charge in [0.2, 0.25) is 0 Å². The zero-order chi connectivity index (χ0) is 19.1. The molecule has 6 nitrogen and oxygen atoms in total. The summed E-state index contributed by atoms with van der Waals surface area (Å²) in [6.07, 6.45) is 5.06. The first-order chi connectivity index (χ1) is 13.7. The molecule has 1 aliphatic heterocycles. The molecule has 1 aromatic heterocycles. The first-order valence-corrected chi connectivity index (χ1v) is 9.71. The highest BCUT2D eigenvalue weighted by atomic mass is 16.5. The molecule has 142 valence electrons. The van der Waals surface area contributed by atoms with E-state index in [-0.39, 0.29) is 28.8 Å². The lowest BCUT2D eigenvalue weighted by Crippen LogP contribution is -2.43. The van der Waals surface area contributed by atoms with Crippen molar-refractivity contribution in [3.05, 3.63) is 70.1 Å². The second-order valence-electron chi connectivity index (χ2n) is 7.71. The Hall–Kier alpha value is -3.15. The normalized spacial score (nSPS) is 19.9. The fraction of sp³-hybridized carbons (Fsp3) is 0.318. The van der Waals surface area contributed by atoms with Gasteiger partial charge >= 0.3 is 0 Å². The third-order valence-electron chi connectivity index (χ3n) is 5.93. The van der Waals surface area contributed by atoms with Gasteiger partial charge in [-0.1, -0.05) is 36.4 Å². The van der Waals surface area contributed by atoms with E-state index in [2.05, 4.69) is 15.5 Å². The van der Waals surface area contributed by atoms with Gasteiger partial charge in [-0.25, -0.2) is 5.10 Å². The van der Waals surface area contributed by atoms with E-state index >= 15 is 0 Å². The summed E-state index contributed by atoms with van der Waals surface area (Å²) in [4.78, 5) is 25.1. The molecule has 0 unspecified atom stereocenters. The van der Waals surface area contributed by atoms with E-state index in [4.69, 9.17) is 4.74 Å². The maximum atomic E-state index is 13.1. The van der Waals surface area contributed by atoms with Crippen LogP contribution in [0.4, 0.5) is 0 Å². The number of nitrogens with one attached hydrogen (secondary N) is 2. The Morgan fingerprint density at radius 3 is 2.61 bits per heavy atom. The molecule has 3 aromatic rings. The van der Waals surface area contributed by atoms with Crippen molar-refractivity contribution in [2.75, 3.05) is 0 Å². The van der Waals surface area contributed by atoms with Crippen LogP contribution in [0.1, 0.15) is 54.2 Å². The monoisotopic (exact) mass is 375 g/mol. The van der Waals surface area contributed by atoms with E-state index in [0.717, 1.165) is 43.4 Å². The highest BCUT2D eigenvalue weighted by Crippen LogP contribution is 2.47. The first kappa shape index (κ1) is 17.0. The Morgan fingerprint density at radius 1 is 1.07 bits per heavy atom. The van der Waals surface area contributed by atoms with Crippen LogP contribution in [0.5, 0.6) is 5.75 Å². The summed E-state index contributed by atoms with van der Waals surface area (Å²) in [5, 5.41) is 10.6. The molecule has 0 bridgehead atoms. The van der Waals surface area contributed by atoms with E-state index < -0.39 is 0 Å². The van der Waals surface area contributed by atoms with E-state index in [1.54, 1.807) is 24.3 Å². The molecular weight excluding hydrogens is 354 g/mol. The minimum Gasteiger partial charge on any atom is -0.487 e. The van der Waals surface area contributed by atoms with Gasteiger partial charge in [-0.15, -0.1) is 0 Å². The largest absolute Gasteiger partial charge is 0.487 e. The topological polar surface area (TPSA) is 84.1 Å². The third-order valence-corrected chi connectivity index (χ3v) is 5.93. The number of hydrogen-bond acceptors (Lipinski definition) is 4. The van der Waals surface area contributed by atoms with Gasteiger partial charge < -0.3 is 10.1 Å². The van der Waals surface area contributed by atoms with Crippen LogP contribution in [-0.4, -0.2) is 21.7 Å². The van der Waals surface area contributed by atoms with Gasteiger partial charge in [0.25, 0.3) is 11.5 Å². The van der Waals surface area contributed by atoms with Crippen LogP contribution >= 0.6 is 0 Å². The lowest BCUT2D eigenvalue weighted by atomic mass is 9.86. The Kier molecular flexibility index (Phi) is 3.93. The molecule has 1 aliphatic carbocycles. The minimum absolute atomic E-state index is 0.150. The van der Waals surface area contributed by atoms with E-state index in [0.29, 0.717) is 10.8 Å². The van der Waals surface area contributed by atoms with Crippen molar-refractivity contribution in [3.63, 3.8) is 0 Å². The molecular formula is C22H21N3O3. The van der Waals surface area contributed by atoms with Crippen LogP contribution in [-0.2, 0) is 0 Å². The predicted molar refractivity (Wildman–Crippen MR) is 105 cm³/mol. The summed E-state index contributed by atoms with van der Waals surface area (Å²) in [5.41, 5.74) is 0.725. The average Bonchev–Trinajstić information content (AvgIpc) is 3.15. The van der Waals surface area contributed by atoms with Gasteiger partial charge in [0.15, 0.2) is 5.69 Å². The van der Waals surface area contributed by atoms with Crippen LogP contribution in [0.25, 0.3) is 10.8 Å². The molecule has 1 amide bonds. The van der Waals surface area contributed by atoms with Gasteiger partial charge in [-0.3, -0.25) is 9.59 Å². The highest BCUT2D eigenvalue weighted by Gasteiger charge is 2.43. The number of aromatic amines is 1. The van der Waals surface area contributed by atoms with Crippen molar-refractivity contribution in [1.29, 1.82) is 0 Å². The number of fused-ring (bicyclic) bond motifs is 2. The molecule has 0 saturated heterocycles. The molecule has 28 heavy (non-hydrogen) atoms. The number of amides is 1. The molecule has 2 heterocycles. The molecule has 5 rings (SSSR count). The SMILES string of the molecule is O=C(N[C@H]1CC2(CCCC2)Oc2ccccc21)c1n[nH]c(=O)c2ccccc12. The number of benzene rings is 2. The summed E-state index contributed by atoms with van der Waals surface area (Å²) < 4.78 is 6.37. The van der Waals surface area contributed by atoms with Gasteiger partial charge in [-0.2, -0.15) is 5.10 Å². The van der Waals surface area contributed by atoms with Crippen LogP contribution in [0, 0.1) is 0 Å². The summed E-state index contributed by atoms with van der Waals surface area (Å²) in [5.74, 6) is 0.558. The van der Waals surface area contributed by atoms with Gasteiger partial charge in [0.1, 0.15) is 11.4 Å². The summed E-state index contributed by atoms with van der Waals surface area (Å²) in [6.45, 7) is 0. The fourth-order valence-corrected chi connectivity index (χ4v) is 4.59. The molecule has 1 saturated carbocycles. The number of aromatic nitrogens is 2. The van der Waals surface area contributed by atoms with Crippen LogP contribution in [0.15, 0.2) is 53.3 Å². The third kappa shape index (κ3) is 2.76. The van der Waals surface area contributed by atoms with Crippen molar-refractivity contribution in [2.45, 2.75) is 43.7 Å². The average molecular weight is 375 g/mol. The lowest BCUT2D eigenvalue weighted by Gasteiger charge is -2.40. The molecule has 1 fully saturated rings.